The van der Waals surface area contributed by atoms with Crippen molar-refractivity contribution in [3.63, 3.8) is 0 Å². The van der Waals surface area contributed by atoms with Crippen LogP contribution < -0.4 is 0 Å². The Kier molecular flexibility index (Phi) is 4.23. The van der Waals surface area contributed by atoms with Gasteiger partial charge in [0, 0.05) is 16.7 Å². The normalized spacial score (nSPS) is 23.9. The summed E-state index contributed by atoms with van der Waals surface area (Å²) in [4.78, 5) is 10.7. The molecule has 0 aromatic heterocycles. The Balaban J connectivity index is 2.12. The van der Waals surface area contributed by atoms with Gasteiger partial charge in [-0.25, -0.2) is 0 Å². The first-order valence-corrected chi connectivity index (χ1v) is 6.87. The summed E-state index contributed by atoms with van der Waals surface area (Å²) in [7, 11) is 0. The van der Waals surface area contributed by atoms with E-state index in [1.165, 1.54) is 31.7 Å². The van der Waals surface area contributed by atoms with Crippen molar-refractivity contribution < 1.29 is 4.92 Å². The molecule has 0 saturated heterocycles. The minimum atomic E-state index is -0.308. The molecule has 1 fully saturated rings. The van der Waals surface area contributed by atoms with Crippen LogP contribution in [-0.2, 0) is 6.42 Å². The lowest BCUT2D eigenvalue weighted by atomic mass is 9.80. The topological polar surface area (TPSA) is 43.1 Å². The van der Waals surface area contributed by atoms with Crippen LogP contribution in [0.4, 0.5) is 5.69 Å². The number of halogens is 1. The van der Waals surface area contributed by atoms with E-state index in [2.05, 4.69) is 6.92 Å². The third-order valence-electron chi connectivity index (χ3n) is 3.88. The van der Waals surface area contributed by atoms with Gasteiger partial charge in [-0.15, -0.1) is 0 Å². The van der Waals surface area contributed by atoms with Gasteiger partial charge in [-0.3, -0.25) is 10.1 Å². The molecule has 3 nitrogen and oxygen atoms in total. The minimum Gasteiger partial charge on any atom is -0.258 e. The van der Waals surface area contributed by atoms with Crippen LogP contribution in [0.3, 0.4) is 0 Å². The van der Waals surface area contributed by atoms with Gasteiger partial charge in [-0.05, 0) is 43.2 Å². The third kappa shape index (κ3) is 3.22. The number of rotatable bonds is 3. The molecule has 1 aliphatic carbocycles. The van der Waals surface area contributed by atoms with Gasteiger partial charge < -0.3 is 0 Å². The molecule has 0 aliphatic heterocycles. The smallest absolute Gasteiger partial charge is 0.258 e. The van der Waals surface area contributed by atoms with Crippen molar-refractivity contribution in [2.75, 3.05) is 0 Å². The first-order chi connectivity index (χ1) is 8.56. The summed E-state index contributed by atoms with van der Waals surface area (Å²) in [6.07, 6.45) is 5.59. The quantitative estimate of drug-likeness (QED) is 0.592. The van der Waals surface area contributed by atoms with Gasteiger partial charge in [0.25, 0.3) is 5.69 Å². The number of hydrogen-bond acceptors (Lipinski definition) is 2. The standard InChI is InChI=1S/C14H18ClNO2/c1-10-2-4-11(5-3-10)8-12-9-13(15)6-7-14(12)16(17)18/h6-7,9-11H,2-5,8H2,1H3. The van der Waals surface area contributed by atoms with Crippen LogP contribution >= 0.6 is 11.6 Å². The fourth-order valence-corrected chi connectivity index (χ4v) is 2.93. The highest BCUT2D eigenvalue weighted by atomic mass is 35.5. The van der Waals surface area contributed by atoms with E-state index >= 15 is 0 Å². The Morgan fingerprint density at radius 1 is 1.33 bits per heavy atom. The molecule has 98 valence electrons. The third-order valence-corrected chi connectivity index (χ3v) is 4.12. The maximum absolute atomic E-state index is 11.0. The molecule has 1 aromatic carbocycles. The second-order valence-corrected chi connectivity index (χ2v) is 5.80. The van der Waals surface area contributed by atoms with E-state index < -0.39 is 0 Å². The highest BCUT2D eigenvalue weighted by Gasteiger charge is 2.22. The Hall–Kier alpha value is -1.09. The predicted molar refractivity (Wildman–Crippen MR) is 72.9 cm³/mol. The molecule has 1 aliphatic rings. The first kappa shape index (κ1) is 13.3. The zero-order valence-corrected chi connectivity index (χ0v) is 11.3. The molecule has 1 saturated carbocycles. The highest BCUT2D eigenvalue weighted by Crippen LogP contribution is 2.33. The van der Waals surface area contributed by atoms with Gasteiger partial charge in [-0.2, -0.15) is 0 Å². The summed E-state index contributed by atoms with van der Waals surface area (Å²) >= 11 is 5.94. The zero-order chi connectivity index (χ0) is 13.1. The van der Waals surface area contributed by atoms with Crippen LogP contribution in [0.15, 0.2) is 18.2 Å². The van der Waals surface area contributed by atoms with Gasteiger partial charge in [0.1, 0.15) is 0 Å². The van der Waals surface area contributed by atoms with E-state index in [4.69, 9.17) is 11.6 Å². The Morgan fingerprint density at radius 3 is 2.61 bits per heavy atom. The van der Waals surface area contributed by atoms with Crippen molar-refractivity contribution in [1.29, 1.82) is 0 Å². The van der Waals surface area contributed by atoms with Gasteiger partial charge in [0.05, 0.1) is 4.92 Å². The van der Waals surface area contributed by atoms with Gasteiger partial charge in [0.2, 0.25) is 0 Å². The molecule has 0 bridgehead atoms. The van der Waals surface area contributed by atoms with Crippen molar-refractivity contribution in [1.82, 2.24) is 0 Å². The summed E-state index contributed by atoms with van der Waals surface area (Å²) in [5.41, 5.74) is 0.991. The molecule has 0 atom stereocenters. The first-order valence-electron chi connectivity index (χ1n) is 6.49. The van der Waals surface area contributed by atoms with Crippen LogP contribution in [0.2, 0.25) is 5.02 Å². The van der Waals surface area contributed by atoms with Crippen LogP contribution in [0.1, 0.15) is 38.2 Å². The molecule has 4 heteroatoms. The number of nitrogens with zero attached hydrogens (tertiary/aromatic N) is 1. The summed E-state index contributed by atoms with van der Waals surface area (Å²) in [6.45, 7) is 2.28. The second kappa shape index (κ2) is 5.70. The lowest BCUT2D eigenvalue weighted by molar-refractivity contribution is -0.385. The molecule has 2 rings (SSSR count). The fraction of sp³-hybridized carbons (Fsp3) is 0.571. The molecule has 0 unspecified atom stereocenters. The van der Waals surface area contributed by atoms with E-state index in [9.17, 15) is 10.1 Å². The lowest BCUT2D eigenvalue weighted by Gasteiger charge is -2.26. The average Bonchev–Trinajstić information content (AvgIpc) is 2.32. The van der Waals surface area contributed by atoms with Crippen molar-refractivity contribution in [3.8, 4) is 0 Å². The van der Waals surface area contributed by atoms with Crippen molar-refractivity contribution in [2.45, 2.75) is 39.0 Å². The SMILES string of the molecule is CC1CCC(Cc2cc(Cl)ccc2[N+](=O)[O-])CC1. The summed E-state index contributed by atoms with van der Waals surface area (Å²) in [5, 5.41) is 11.6. The summed E-state index contributed by atoms with van der Waals surface area (Å²) < 4.78 is 0. The van der Waals surface area contributed by atoms with Crippen molar-refractivity contribution in [3.05, 3.63) is 38.9 Å². The second-order valence-electron chi connectivity index (χ2n) is 5.36. The van der Waals surface area contributed by atoms with Crippen molar-refractivity contribution >= 4 is 17.3 Å². The molecule has 0 radical (unpaired) electrons. The van der Waals surface area contributed by atoms with Crippen molar-refractivity contribution in [2.24, 2.45) is 11.8 Å². The highest BCUT2D eigenvalue weighted by molar-refractivity contribution is 6.30. The molecule has 0 heterocycles. The van der Waals surface area contributed by atoms with E-state index in [1.807, 2.05) is 0 Å². The Morgan fingerprint density at radius 2 is 2.00 bits per heavy atom. The van der Waals surface area contributed by atoms with E-state index in [0.29, 0.717) is 10.9 Å². The van der Waals surface area contributed by atoms with E-state index in [0.717, 1.165) is 17.9 Å². The summed E-state index contributed by atoms with van der Waals surface area (Å²) in [5.74, 6) is 1.37. The number of benzene rings is 1. The maximum Gasteiger partial charge on any atom is 0.272 e. The Labute approximate surface area is 112 Å². The predicted octanol–water partition coefficient (Wildman–Crippen LogP) is 4.62. The molecular weight excluding hydrogens is 250 g/mol. The lowest BCUT2D eigenvalue weighted by Crippen LogP contribution is -2.15. The van der Waals surface area contributed by atoms with Crippen LogP contribution in [0.5, 0.6) is 0 Å². The molecule has 0 amide bonds. The van der Waals surface area contributed by atoms with Crippen LogP contribution in [0.25, 0.3) is 0 Å². The van der Waals surface area contributed by atoms with Gasteiger partial charge in [0.15, 0.2) is 0 Å². The number of nitro groups is 1. The summed E-state index contributed by atoms with van der Waals surface area (Å²) in [6, 6.07) is 4.85. The minimum absolute atomic E-state index is 0.207. The molecule has 0 N–H and O–H groups in total. The molecule has 1 aromatic rings. The number of hydrogen-bond donors (Lipinski definition) is 0. The monoisotopic (exact) mass is 267 g/mol. The largest absolute Gasteiger partial charge is 0.272 e. The van der Waals surface area contributed by atoms with E-state index in [1.54, 1.807) is 12.1 Å². The van der Waals surface area contributed by atoms with Crippen LogP contribution in [-0.4, -0.2) is 4.92 Å². The molecule has 18 heavy (non-hydrogen) atoms. The molecular formula is C14H18ClNO2. The Bertz CT molecular complexity index is 439. The molecule has 0 spiro atoms. The van der Waals surface area contributed by atoms with Crippen LogP contribution in [0, 0.1) is 22.0 Å². The van der Waals surface area contributed by atoms with Gasteiger partial charge >= 0.3 is 0 Å². The van der Waals surface area contributed by atoms with E-state index in [-0.39, 0.29) is 10.6 Å². The average molecular weight is 268 g/mol. The zero-order valence-electron chi connectivity index (χ0n) is 10.6. The van der Waals surface area contributed by atoms with Gasteiger partial charge in [-0.1, -0.05) is 31.4 Å². The number of nitro benzene ring substituents is 1. The maximum atomic E-state index is 11.0. The fourth-order valence-electron chi connectivity index (χ4n) is 2.74.